The molecule has 0 aliphatic rings. The monoisotopic (exact) mass is 289 g/mol. The maximum atomic E-state index is 11.1. The molecule has 0 unspecified atom stereocenters. The topological polar surface area (TPSA) is 132 Å². The highest BCUT2D eigenvalue weighted by Gasteiger charge is 2.24. The van der Waals surface area contributed by atoms with Crippen LogP contribution in [0.25, 0.3) is 0 Å². The van der Waals surface area contributed by atoms with Crippen LogP contribution >= 0.6 is 0 Å². The summed E-state index contributed by atoms with van der Waals surface area (Å²) < 4.78 is 22.2. The summed E-state index contributed by atoms with van der Waals surface area (Å²) >= 11 is 0. The van der Waals surface area contributed by atoms with Crippen molar-refractivity contribution in [1.82, 2.24) is 9.97 Å². The standard InChI is InChI=1S/C9H15N5O4S/c1-6-7(14(15)16)8(12-9(10)11-6)13(2)4-5-19(3,17)18/h4-5H2,1-3H3,(H2,10,11,12). The number of aryl methyl sites for hydroxylation is 1. The number of rotatable bonds is 5. The second-order valence-electron chi connectivity index (χ2n) is 4.15. The molecule has 0 atom stereocenters. The molecule has 1 rings (SSSR count). The van der Waals surface area contributed by atoms with Gasteiger partial charge in [-0.1, -0.05) is 0 Å². The van der Waals surface area contributed by atoms with Gasteiger partial charge in [0.15, 0.2) is 0 Å². The first kappa shape index (κ1) is 15.1. The van der Waals surface area contributed by atoms with Crippen LogP contribution in [0.2, 0.25) is 0 Å². The Hall–Kier alpha value is -1.97. The van der Waals surface area contributed by atoms with E-state index in [9.17, 15) is 18.5 Å². The number of nitrogens with zero attached hydrogens (tertiary/aromatic N) is 4. The molecular formula is C9H15N5O4S. The second kappa shape index (κ2) is 5.34. The molecule has 0 aliphatic carbocycles. The van der Waals surface area contributed by atoms with E-state index in [-0.39, 0.29) is 35.4 Å². The fraction of sp³-hybridized carbons (Fsp3) is 0.556. The summed E-state index contributed by atoms with van der Waals surface area (Å²) in [5.41, 5.74) is 5.32. The van der Waals surface area contributed by atoms with Crippen LogP contribution in [0.4, 0.5) is 17.5 Å². The number of hydrogen-bond donors (Lipinski definition) is 1. The Kier molecular flexibility index (Phi) is 4.24. The maximum absolute atomic E-state index is 11.1. The predicted octanol–water partition coefficient (Wildman–Crippen LogP) is -0.244. The zero-order valence-corrected chi connectivity index (χ0v) is 11.6. The number of nitrogens with two attached hydrogens (primary N) is 1. The lowest BCUT2D eigenvalue weighted by Gasteiger charge is -2.18. The van der Waals surface area contributed by atoms with Crippen molar-refractivity contribution >= 4 is 27.3 Å². The van der Waals surface area contributed by atoms with Gasteiger partial charge in [0.05, 0.1) is 10.7 Å². The minimum absolute atomic E-state index is 0.0126. The number of nitro groups is 1. The van der Waals surface area contributed by atoms with E-state index < -0.39 is 14.8 Å². The van der Waals surface area contributed by atoms with Crippen LogP contribution in [0.5, 0.6) is 0 Å². The molecule has 0 aromatic carbocycles. The normalized spacial score (nSPS) is 11.3. The first-order valence-corrected chi connectivity index (χ1v) is 7.35. The Morgan fingerprint density at radius 1 is 1.42 bits per heavy atom. The molecule has 0 aliphatic heterocycles. The van der Waals surface area contributed by atoms with E-state index in [1.165, 1.54) is 18.9 Å². The minimum atomic E-state index is -3.17. The molecule has 0 fully saturated rings. The summed E-state index contributed by atoms with van der Waals surface area (Å²) in [7, 11) is -1.65. The van der Waals surface area contributed by atoms with Gasteiger partial charge in [-0.05, 0) is 6.92 Å². The third kappa shape index (κ3) is 4.02. The molecule has 1 aromatic heterocycles. The summed E-state index contributed by atoms with van der Waals surface area (Å²) in [6, 6.07) is 0. The molecule has 2 N–H and O–H groups in total. The van der Waals surface area contributed by atoms with E-state index in [4.69, 9.17) is 5.73 Å². The van der Waals surface area contributed by atoms with Crippen molar-refractivity contribution < 1.29 is 13.3 Å². The Labute approximate surface area is 110 Å². The lowest BCUT2D eigenvalue weighted by molar-refractivity contribution is -0.385. The van der Waals surface area contributed by atoms with Crippen LogP contribution in [-0.4, -0.2) is 48.9 Å². The first-order chi connectivity index (χ1) is 8.61. The molecule has 0 bridgehead atoms. The van der Waals surface area contributed by atoms with Gasteiger partial charge in [0.1, 0.15) is 15.5 Å². The van der Waals surface area contributed by atoms with Gasteiger partial charge < -0.3 is 10.6 Å². The van der Waals surface area contributed by atoms with Crippen LogP contribution in [-0.2, 0) is 9.84 Å². The summed E-state index contributed by atoms with van der Waals surface area (Å²) in [5, 5.41) is 11.0. The van der Waals surface area contributed by atoms with Crippen LogP contribution in [0.1, 0.15) is 5.69 Å². The minimum Gasteiger partial charge on any atom is -0.368 e. The van der Waals surface area contributed by atoms with Crippen molar-refractivity contribution in [1.29, 1.82) is 0 Å². The summed E-state index contributed by atoms with van der Waals surface area (Å²) in [5.74, 6) is -0.216. The number of sulfone groups is 1. The summed E-state index contributed by atoms with van der Waals surface area (Å²) in [4.78, 5) is 19.3. The van der Waals surface area contributed by atoms with Gasteiger partial charge in [-0.15, -0.1) is 0 Å². The molecule has 106 valence electrons. The Morgan fingerprint density at radius 3 is 2.47 bits per heavy atom. The average Bonchev–Trinajstić information content (AvgIpc) is 2.22. The van der Waals surface area contributed by atoms with E-state index in [1.807, 2.05) is 0 Å². The van der Waals surface area contributed by atoms with E-state index in [2.05, 4.69) is 9.97 Å². The molecule has 1 heterocycles. The van der Waals surface area contributed by atoms with Gasteiger partial charge in [0, 0.05) is 19.8 Å². The van der Waals surface area contributed by atoms with E-state index in [0.29, 0.717) is 0 Å². The van der Waals surface area contributed by atoms with Gasteiger partial charge in [-0.3, -0.25) is 10.1 Å². The lowest BCUT2D eigenvalue weighted by Crippen LogP contribution is -2.27. The van der Waals surface area contributed by atoms with E-state index in [0.717, 1.165) is 6.26 Å². The molecule has 9 nitrogen and oxygen atoms in total. The molecule has 0 amide bonds. The third-order valence-corrected chi connectivity index (χ3v) is 3.32. The van der Waals surface area contributed by atoms with Crippen molar-refractivity contribution in [2.24, 2.45) is 0 Å². The van der Waals surface area contributed by atoms with Crippen molar-refractivity contribution in [2.75, 3.05) is 36.2 Å². The molecule has 0 saturated heterocycles. The quantitative estimate of drug-likeness (QED) is 0.580. The largest absolute Gasteiger partial charge is 0.368 e. The van der Waals surface area contributed by atoms with E-state index >= 15 is 0 Å². The van der Waals surface area contributed by atoms with Gasteiger partial charge in [0.25, 0.3) is 0 Å². The van der Waals surface area contributed by atoms with Gasteiger partial charge >= 0.3 is 5.69 Å². The molecule has 0 saturated carbocycles. The van der Waals surface area contributed by atoms with Crippen molar-refractivity contribution in [3.8, 4) is 0 Å². The summed E-state index contributed by atoms with van der Waals surface area (Å²) in [6.07, 6.45) is 1.09. The second-order valence-corrected chi connectivity index (χ2v) is 6.41. The van der Waals surface area contributed by atoms with Crippen molar-refractivity contribution in [2.45, 2.75) is 6.92 Å². The van der Waals surface area contributed by atoms with Gasteiger partial charge in [0.2, 0.25) is 11.8 Å². The molecule has 1 aromatic rings. The zero-order chi connectivity index (χ0) is 14.8. The SMILES string of the molecule is Cc1nc(N)nc(N(C)CCS(C)(=O)=O)c1[N+](=O)[O-]. The maximum Gasteiger partial charge on any atom is 0.332 e. The number of anilines is 2. The smallest absolute Gasteiger partial charge is 0.332 e. The van der Waals surface area contributed by atoms with Crippen LogP contribution in [0, 0.1) is 17.0 Å². The first-order valence-electron chi connectivity index (χ1n) is 5.29. The van der Waals surface area contributed by atoms with Crippen LogP contribution in [0.15, 0.2) is 0 Å². The number of nitrogen functional groups attached to an aromatic ring is 1. The Bertz CT molecular complexity index is 601. The average molecular weight is 289 g/mol. The van der Waals surface area contributed by atoms with Crippen molar-refractivity contribution in [3.05, 3.63) is 15.8 Å². The molecule has 0 spiro atoms. The Morgan fingerprint density at radius 2 is 2.00 bits per heavy atom. The number of aromatic nitrogens is 2. The highest BCUT2D eigenvalue weighted by atomic mass is 32.2. The number of hydrogen-bond acceptors (Lipinski definition) is 8. The summed E-state index contributed by atoms with van der Waals surface area (Å²) in [6.45, 7) is 1.53. The molecule has 0 radical (unpaired) electrons. The van der Waals surface area contributed by atoms with E-state index in [1.54, 1.807) is 0 Å². The van der Waals surface area contributed by atoms with Gasteiger partial charge in [-0.2, -0.15) is 4.98 Å². The van der Waals surface area contributed by atoms with Gasteiger partial charge in [-0.25, -0.2) is 13.4 Å². The molecule has 10 heteroatoms. The lowest BCUT2D eigenvalue weighted by atomic mass is 10.3. The van der Waals surface area contributed by atoms with Crippen LogP contribution in [0.3, 0.4) is 0 Å². The fourth-order valence-electron chi connectivity index (χ4n) is 1.46. The zero-order valence-electron chi connectivity index (χ0n) is 10.8. The molecule has 19 heavy (non-hydrogen) atoms. The molecular weight excluding hydrogens is 274 g/mol. The highest BCUT2D eigenvalue weighted by molar-refractivity contribution is 7.90. The predicted molar refractivity (Wildman–Crippen MR) is 70.8 cm³/mol. The highest BCUT2D eigenvalue weighted by Crippen LogP contribution is 2.28. The van der Waals surface area contributed by atoms with Crippen molar-refractivity contribution in [3.63, 3.8) is 0 Å². The van der Waals surface area contributed by atoms with Crippen LogP contribution < -0.4 is 10.6 Å². The Balaban J connectivity index is 3.14. The third-order valence-electron chi connectivity index (χ3n) is 2.40. The fourth-order valence-corrected chi connectivity index (χ4v) is 2.07.